The third-order valence-electron chi connectivity index (χ3n) is 3.87. The van der Waals surface area contributed by atoms with Gasteiger partial charge in [-0.05, 0) is 42.4 Å². The van der Waals surface area contributed by atoms with Crippen LogP contribution in [0.25, 0.3) is 0 Å². The zero-order valence-electron chi connectivity index (χ0n) is 14.4. The summed E-state index contributed by atoms with van der Waals surface area (Å²) in [5, 5.41) is 5.56. The quantitative estimate of drug-likeness (QED) is 0.723. The first kappa shape index (κ1) is 19.1. The number of amides is 2. The first-order chi connectivity index (χ1) is 10.8. The van der Waals surface area contributed by atoms with E-state index in [1.54, 1.807) is 13.0 Å². The van der Waals surface area contributed by atoms with Crippen LogP contribution in [0.15, 0.2) is 18.2 Å². The van der Waals surface area contributed by atoms with E-state index in [4.69, 9.17) is 0 Å². The molecule has 2 amide bonds. The van der Waals surface area contributed by atoms with Crippen LogP contribution in [0, 0.1) is 18.7 Å². The van der Waals surface area contributed by atoms with E-state index >= 15 is 0 Å². The molecule has 0 aliphatic rings. The van der Waals surface area contributed by atoms with E-state index in [0.717, 1.165) is 5.56 Å². The summed E-state index contributed by atoms with van der Waals surface area (Å²) in [7, 11) is 0. The summed E-state index contributed by atoms with van der Waals surface area (Å²) in [5.74, 6) is 0.0321. The number of halogens is 1. The fourth-order valence-electron chi connectivity index (χ4n) is 2.49. The Morgan fingerprint density at radius 3 is 2.39 bits per heavy atom. The van der Waals surface area contributed by atoms with E-state index in [1.165, 1.54) is 13.0 Å². The van der Waals surface area contributed by atoms with Crippen LogP contribution < -0.4 is 10.6 Å². The number of rotatable bonds is 8. The lowest BCUT2D eigenvalue weighted by Gasteiger charge is -2.21. The minimum atomic E-state index is -0.223. The molecule has 0 saturated carbocycles. The Kier molecular flexibility index (Phi) is 7.72. The molecule has 23 heavy (non-hydrogen) atoms. The van der Waals surface area contributed by atoms with Gasteiger partial charge in [0.25, 0.3) is 0 Å². The maximum Gasteiger partial charge on any atom is 0.220 e. The molecular formula is C18H27FN2O2. The Morgan fingerprint density at radius 2 is 1.83 bits per heavy atom. The molecule has 0 aromatic heterocycles. The normalized spacial score (nSPS) is 12.1. The Balaban J connectivity index is 2.53. The van der Waals surface area contributed by atoms with Gasteiger partial charge in [-0.3, -0.25) is 9.59 Å². The monoisotopic (exact) mass is 322 g/mol. The maximum absolute atomic E-state index is 13.4. The molecule has 1 atom stereocenters. The minimum Gasteiger partial charge on any atom is -0.356 e. The Morgan fingerprint density at radius 1 is 1.17 bits per heavy atom. The van der Waals surface area contributed by atoms with Gasteiger partial charge in [0.2, 0.25) is 11.8 Å². The summed E-state index contributed by atoms with van der Waals surface area (Å²) in [6.07, 6.45) is 1.08. The highest BCUT2D eigenvalue weighted by Crippen LogP contribution is 2.29. The maximum atomic E-state index is 13.4. The fourth-order valence-corrected chi connectivity index (χ4v) is 2.49. The van der Waals surface area contributed by atoms with Gasteiger partial charge in [-0.15, -0.1) is 0 Å². The van der Waals surface area contributed by atoms with Crippen molar-refractivity contribution in [1.82, 2.24) is 10.6 Å². The second-order valence-corrected chi connectivity index (χ2v) is 6.25. The predicted molar refractivity (Wildman–Crippen MR) is 89.6 cm³/mol. The van der Waals surface area contributed by atoms with Gasteiger partial charge in [0, 0.05) is 26.4 Å². The van der Waals surface area contributed by atoms with Crippen molar-refractivity contribution in [2.75, 3.05) is 13.1 Å². The molecule has 5 heteroatoms. The molecule has 0 radical (unpaired) electrons. The minimum absolute atomic E-state index is 0.0199. The van der Waals surface area contributed by atoms with E-state index < -0.39 is 0 Å². The third kappa shape index (κ3) is 6.80. The first-order valence-corrected chi connectivity index (χ1v) is 8.08. The lowest BCUT2D eigenvalue weighted by molar-refractivity contribution is -0.121. The molecule has 1 aromatic carbocycles. The molecule has 0 heterocycles. The first-order valence-electron chi connectivity index (χ1n) is 8.08. The number of nitrogens with one attached hydrogen (secondary N) is 2. The molecule has 0 spiro atoms. The van der Waals surface area contributed by atoms with Gasteiger partial charge < -0.3 is 10.6 Å². The lowest BCUT2D eigenvalue weighted by atomic mass is 9.85. The van der Waals surface area contributed by atoms with Crippen molar-refractivity contribution in [2.45, 2.75) is 46.5 Å². The Hall–Kier alpha value is -1.91. The van der Waals surface area contributed by atoms with Gasteiger partial charge >= 0.3 is 0 Å². The van der Waals surface area contributed by atoms with Crippen molar-refractivity contribution in [3.05, 3.63) is 35.1 Å². The molecule has 4 nitrogen and oxygen atoms in total. The second-order valence-electron chi connectivity index (χ2n) is 6.25. The van der Waals surface area contributed by atoms with Crippen LogP contribution in [0.2, 0.25) is 0 Å². The molecule has 0 saturated heterocycles. The third-order valence-corrected chi connectivity index (χ3v) is 3.87. The highest BCUT2D eigenvalue weighted by atomic mass is 19.1. The molecule has 1 rings (SSSR count). The number of hydrogen-bond donors (Lipinski definition) is 2. The standard InChI is InChI=1S/C18H27FN2O2/c1-12(2)16(15-6-7-17(19)13(3)10-15)11-18(23)21-9-5-8-20-14(4)22/h6-7,10,12,16H,5,8-9,11H2,1-4H3,(H,20,22)(H,21,23). The van der Waals surface area contributed by atoms with Crippen molar-refractivity contribution in [3.63, 3.8) is 0 Å². The topological polar surface area (TPSA) is 58.2 Å². The van der Waals surface area contributed by atoms with Crippen LogP contribution in [0.5, 0.6) is 0 Å². The SMILES string of the molecule is CC(=O)NCCCNC(=O)CC(c1ccc(F)c(C)c1)C(C)C. The number of carbonyl (C=O) groups excluding carboxylic acids is 2. The molecule has 128 valence electrons. The molecule has 0 aliphatic heterocycles. The van der Waals surface area contributed by atoms with Gasteiger partial charge in [-0.25, -0.2) is 4.39 Å². The van der Waals surface area contributed by atoms with Gasteiger partial charge in [0.1, 0.15) is 5.82 Å². The van der Waals surface area contributed by atoms with Crippen LogP contribution in [-0.4, -0.2) is 24.9 Å². The number of aryl methyl sites for hydroxylation is 1. The molecule has 1 unspecified atom stereocenters. The van der Waals surface area contributed by atoms with Crippen molar-refractivity contribution in [2.24, 2.45) is 5.92 Å². The van der Waals surface area contributed by atoms with Gasteiger partial charge in [-0.2, -0.15) is 0 Å². The van der Waals surface area contributed by atoms with E-state index in [0.29, 0.717) is 31.5 Å². The highest BCUT2D eigenvalue weighted by Gasteiger charge is 2.20. The smallest absolute Gasteiger partial charge is 0.220 e. The van der Waals surface area contributed by atoms with Gasteiger partial charge in [0.15, 0.2) is 0 Å². The van der Waals surface area contributed by atoms with Crippen molar-refractivity contribution < 1.29 is 14.0 Å². The van der Waals surface area contributed by atoms with E-state index in [2.05, 4.69) is 24.5 Å². The molecule has 2 N–H and O–H groups in total. The zero-order chi connectivity index (χ0) is 17.4. The summed E-state index contributed by atoms with van der Waals surface area (Å²) in [5.41, 5.74) is 1.59. The summed E-state index contributed by atoms with van der Waals surface area (Å²) < 4.78 is 13.4. The average molecular weight is 322 g/mol. The van der Waals surface area contributed by atoms with Gasteiger partial charge in [0.05, 0.1) is 0 Å². The highest BCUT2D eigenvalue weighted by molar-refractivity contribution is 5.77. The predicted octanol–water partition coefficient (Wildman–Crippen LogP) is 2.91. The Bertz CT molecular complexity index is 544. The van der Waals surface area contributed by atoms with Crippen LogP contribution in [0.1, 0.15) is 50.7 Å². The van der Waals surface area contributed by atoms with Crippen LogP contribution >= 0.6 is 0 Å². The van der Waals surface area contributed by atoms with Gasteiger partial charge in [-0.1, -0.05) is 26.0 Å². The largest absolute Gasteiger partial charge is 0.356 e. The van der Waals surface area contributed by atoms with Crippen LogP contribution in [0.4, 0.5) is 4.39 Å². The van der Waals surface area contributed by atoms with E-state index in [-0.39, 0.29) is 29.5 Å². The molecular weight excluding hydrogens is 295 g/mol. The number of carbonyl (C=O) groups is 2. The van der Waals surface area contributed by atoms with E-state index in [9.17, 15) is 14.0 Å². The fraction of sp³-hybridized carbons (Fsp3) is 0.556. The molecule has 0 fully saturated rings. The van der Waals surface area contributed by atoms with Crippen LogP contribution in [0.3, 0.4) is 0 Å². The molecule has 1 aromatic rings. The number of benzene rings is 1. The van der Waals surface area contributed by atoms with E-state index in [1.807, 2.05) is 6.07 Å². The number of hydrogen-bond acceptors (Lipinski definition) is 2. The molecule has 0 bridgehead atoms. The summed E-state index contributed by atoms with van der Waals surface area (Å²) in [6.45, 7) is 8.42. The van der Waals surface area contributed by atoms with Crippen molar-refractivity contribution >= 4 is 11.8 Å². The average Bonchev–Trinajstić information content (AvgIpc) is 2.47. The molecule has 0 aliphatic carbocycles. The zero-order valence-corrected chi connectivity index (χ0v) is 14.4. The van der Waals surface area contributed by atoms with Crippen LogP contribution in [-0.2, 0) is 9.59 Å². The van der Waals surface area contributed by atoms with Crippen molar-refractivity contribution in [1.29, 1.82) is 0 Å². The summed E-state index contributed by atoms with van der Waals surface area (Å²) >= 11 is 0. The second kappa shape index (κ2) is 9.28. The van der Waals surface area contributed by atoms with Crippen molar-refractivity contribution in [3.8, 4) is 0 Å². The summed E-state index contributed by atoms with van der Waals surface area (Å²) in [6, 6.07) is 5.05. The lowest BCUT2D eigenvalue weighted by Crippen LogP contribution is -2.30. The summed E-state index contributed by atoms with van der Waals surface area (Å²) in [4.78, 5) is 22.9. The Labute approximate surface area is 137 Å².